The summed E-state index contributed by atoms with van der Waals surface area (Å²) in [6.07, 6.45) is 0.0481. The lowest BCUT2D eigenvalue weighted by atomic mass is 10.0. The van der Waals surface area contributed by atoms with Gasteiger partial charge in [0.15, 0.2) is 0 Å². The van der Waals surface area contributed by atoms with Crippen LogP contribution < -0.4 is 10.7 Å². The quantitative estimate of drug-likeness (QED) is 0.533. The molecule has 0 fully saturated rings. The number of hydrogen-bond donors (Lipinski definition) is 3. The maximum absolute atomic E-state index is 12.3. The van der Waals surface area contributed by atoms with E-state index in [0.717, 1.165) is 11.3 Å². The van der Waals surface area contributed by atoms with E-state index in [4.69, 9.17) is 0 Å². The average molecular weight is 367 g/mol. The van der Waals surface area contributed by atoms with Crippen LogP contribution in [0.4, 0.5) is 5.69 Å². The number of nitrogens with one attached hydrogen (secondary N) is 2. The SMILES string of the molecule is C/C(CC(=O)Nc1ccccc1C(C)C)=N\NC(=O)c1cccc(C)c1O. The second-order valence-electron chi connectivity index (χ2n) is 6.73. The van der Waals surface area contributed by atoms with Gasteiger partial charge in [-0.3, -0.25) is 9.59 Å². The van der Waals surface area contributed by atoms with Crippen molar-refractivity contribution in [2.45, 2.75) is 40.0 Å². The van der Waals surface area contributed by atoms with Gasteiger partial charge in [0.1, 0.15) is 5.75 Å². The van der Waals surface area contributed by atoms with Crippen molar-refractivity contribution in [3.63, 3.8) is 0 Å². The van der Waals surface area contributed by atoms with E-state index in [0.29, 0.717) is 11.3 Å². The molecule has 3 N–H and O–H groups in total. The molecule has 0 bridgehead atoms. The van der Waals surface area contributed by atoms with Gasteiger partial charge in [0.2, 0.25) is 5.91 Å². The highest BCUT2D eigenvalue weighted by Crippen LogP contribution is 2.24. The van der Waals surface area contributed by atoms with Crippen LogP contribution in [0.25, 0.3) is 0 Å². The van der Waals surface area contributed by atoms with Gasteiger partial charge in [0.05, 0.1) is 12.0 Å². The van der Waals surface area contributed by atoms with Gasteiger partial charge in [-0.25, -0.2) is 5.43 Å². The molecule has 142 valence electrons. The van der Waals surface area contributed by atoms with Crippen molar-refractivity contribution in [1.29, 1.82) is 0 Å². The molecule has 2 aromatic carbocycles. The van der Waals surface area contributed by atoms with Crippen LogP contribution in [-0.2, 0) is 4.79 Å². The summed E-state index contributed by atoms with van der Waals surface area (Å²) in [4.78, 5) is 24.4. The van der Waals surface area contributed by atoms with Crippen molar-refractivity contribution >= 4 is 23.2 Å². The lowest BCUT2D eigenvalue weighted by molar-refractivity contribution is -0.115. The van der Waals surface area contributed by atoms with Gasteiger partial charge >= 0.3 is 0 Å². The topological polar surface area (TPSA) is 90.8 Å². The molecule has 2 rings (SSSR count). The summed E-state index contributed by atoms with van der Waals surface area (Å²) in [6.45, 7) is 7.49. The van der Waals surface area contributed by atoms with E-state index in [-0.39, 0.29) is 29.6 Å². The molecule has 0 atom stereocenters. The van der Waals surface area contributed by atoms with E-state index in [1.807, 2.05) is 24.3 Å². The molecule has 0 saturated heterocycles. The Labute approximate surface area is 159 Å². The number of hydrazone groups is 1. The maximum atomic E-state index is 12.3. The first-order chi connectivity index (χ1) is 12.8. The molecule has 0 spiro atoms. The number of anilines is 1. The molecule has 6 heteroatoms. The van der Waals surface area contributed by atoms with E-state index in [2.05, 4.69) is 29.7 Å². The minimum absolute atomic E-state index is 0.0481. The number of rotatable bonds is 6. The van der Waals surface area contributed by atoms with E-state index >= 15 is 0 Å². The fraction of sp³-hybridized carbons (Fsp3) is 0.286. The van der Waals surface area contributed by atoms with Gasteiger partial charge in [-0.1, -0.05) is 44.2 Å². The van der Waals surface area contributed by atoms with Crippen LogP contribution in [0, 0.1) is 6.92 Å². The first-order valence-corrected chi connectivity index (χ1v) is 8.80. The van der Waals surface area contributed by atoms with Gasteiger partial charge in [0, 0.05) is 11.4 Å². The highest BCUT2D eigenvalue weighted by Gasteiger charge is 2.13. The zero-order valence-electron chi connectivity index (χ0n) is 16.0. The van der Waals surface area contributed by atoms with Crippen LogP contribution in [-0.4, -0.2) is 22.6 Å². The molecule has 27 heavy (non-hydrogen) atoms. The van der Waals surface area contributed by atoms with Crippen molar-refractivity contribution < 1.29 is 14.7 Å². The lowest BCUT2D eigenvalue weighted by Gasteiger charge is -2.13. The van der Waals surface area contributed by atoms with E-state index < -0.39 is 5.91 Å². The predicted molar refractivity (Wildman–Crippen MR) is 107 cm³/mol. The summed E-state index contributed by atoms with van der Waals surface area (Å²) in [5, 5.41) is 16.8. The number of benzene rings is 2. The Hall–Kier alpha value is -3.15. The lowest BCUT2D eigenvalue weighted by Crippen LogP contribution is -2.22. The molecule has 6 nitrogen and oxygen atoms in total. The Morgan fingerprint density at radius 2 is 1.81 bits per heavy atom. The molecule has 0 aliphatic heterocycles. The smallest absolute Gasteiger partial charge is 0.275 e. The summed E-state index contributed by atoms with van der Waals surface area (Å²) in [5.41, 5.74) is 5.41. The fourth-order valence-corrected chi connectivity index (χ4v) is 2.63. The molecule has 0 saturated carbocycles. The van der Waals surface area contributed by atoms with Gasteiger partial charge in [-0.15, -0.1) is 0 Å². The van der Waals surface area contributed by atoms with E-state index in [9.17, 15) is 14.7 Å². The summed E-state index contributed by atoms with van der Waals surface area (Å²) in [5.74, 6) is -0.526. The average Bonchev–Trinajstić information content (AvgIpc) is 2.62. The predicted octanol–water partition coefficient (Wildman–Crippen LogP) is 3.96. The van der Waals surface area contributed by atoms with Gasteiger partial charge in [-0.05, 0) is 43.0 Å². The second-order valence-corrected chi connectivity index (χ2v) is 6.73. The molecular formula is C21H25N3O3. The third kappa shape index (κ3) is 5.41. The molecule has 2 aromatic rings. The largest absolute Gasteiger partial charge is 0.507 e. The Morgan fingerprint density at radius 1 is 1.11 bits per heavy atom. The van der Waals surface area contributed by atoms with Gasteiger partial charge < -0.3 is 10.4 Å². The highest BCUT2D eigenvalue weighted by molar-refractivity contribution is 6.06. The summed E-state index contributed by atoms with van der Waals surface area (Å²) < 4.78 is 0. The van der Waals surface area contributed by atoms with Crippen molar-refractivity contribution in [2.24, 2.45) is 5.10 Å². The second kappa shape index (κ2) is 8.98. The van der Waals surface area contributed by atoms with Crippen LogP contribution in [0.3, 0.4) is 0 Å². The number of nitrogens with zero attached hydrogens (tertiary/aromatic N) is 1. The number of hydrogen-bond acceptors (Lipinski definition) is 4. The minimum atomic E-state index is -0.527. The van der Waals surface area contributed by atoms with Crippen LogP contribution in [0.2, 0.25) is 0 Å². The Bertz CT molecular complexity index is 873. The van der Waals surface area contributed by atoms with Crippen molar-refractivity contribution in [3.8, 4) is 5.75 Å². The number of aromatic hydroxyl groups is 1. The van der Waals surface area contributed by atoms with Gasteiger partial charge in [0.25, 0.3) is 5.91 Å². The van der Waals surface area contributed by atoms with Crippen LogP contribution in [0.1, 0.15) is 54.6 Å². The van der Waals surface area contributed by atoms with Crippen LogP contribution in [0.15, 0.2) is 47.6 Å². The summed E-state index contributed by atoms with van der Waals surface area (Å²) >= 11 is 0. The number of carbonyl (C=O) groups excluding carboxylic acids is 2. The number of phenolic OH excluding ortho intramolecular Hbond substituents is 1. The third-order valence-corrected chi connectivity index (χ3v) is 4.10. The fourth-order valence-electron chi connectivity index (χ4n) is 2.63. The van der Waals surface area contributed by atoms with E-state index in [1.165, 1.54) is 6.07 Å². The van der Waals surface area contributed by atoms with Crippen LogP contribution >= 0.6 is 0 Å². The Balaban J connectivity index is 1.98. The molecular weight excluding hydrogens is 342 g/mol. The summed E-state index contributed by atoms with van der Waals surface area (Å²) in [7, 11) is 0. The zero-order valence-corrected chi connectivity index (χ0v) is 16.0. The molecule has 0 heterocycles. The number of para-hydroxylation sites is 2. The van der Waals surface area contributed by atoms with Crippen LogP contribution in [0.5, 0.6) is 5.75 Å². The molecule has 0 unspecified atom stereocenters. The minimum Gasteiger partial charge on any atom is -0.507 e. The van der Waals surface area contributed by atoms with Gasteiger partial charge in [-0.2, -0.15) is 5.10 Å². The number of amides is 2. The number of carbonyl (C=O) groups is 2. The monoisotopic (exact) mass is 367 g/mol. The maximum Gasteiger partial charge on any atom is 0.275 e. The molecule has 2 amide bonds. The van der Waals surface area contributed by atoms with E-state index in [1.54, 1.807) is 26.0 Å². The highest BCUT2D eigenvalue weighted by atomic mass is 16.3. The first kappa shape index (κ1) is 20.2. The standard InChI is InChI=1S/C21H25N3O3/c1-13(2)16-9-5-6-11-18(16)22-19(25)12-15(4)23-24-21(27)17-10-7-8-14(3)20(17)26/h5-11,13,26H,12H2,1-4H3,(H,22,25)(H,24,27)/b23-15+. The Kier molecular flexibility index (Phi) is 6.71. The summed E-state index contributed by atoms with van der Waals surface area (Å²) in [6, 6.07) is 12.6. The number of aryl methyl sites for hydroxylation is 1. The van der Waals surface area contributed by atoms with Crippen molar-refractivity contribution in [2.75, 3.05) is 5.32 Å². The van der Waals surface area contributed by atoms with Crippen molar-refractivity contribution in [1.82, 2.24) is 5.43 Å². The first-order valence-electron chi connectivity index (χ1n) is 8.80. The van der Waals surface area contributed by atoms with Crippen molar-refractivity contribution in [3.05, 3.63) is 59.2 Å². The zero-order chi connectivity index (χ0) is 20.0. The molecule has 0 aliphatic carbocycles. The normalized spacial score (nSPS) is 11.4. The molecule has 0 aliphatic rings. The third-order valence-electron chi connectivity index (χ3n) is 4.10. The molecule has 0 aromatic heterocycles. The number of phenols is 1. The molecule has 0 radical (unpaired) electrons. The Morgan fingerprint density at radius 3 is 2.52 bits per heavy atom.